The van der Waals surface area contributed by atoms with Crippen molar-refractivity contribution in [1.29, 1.82) is 0 Å². The first-order chi connectivity index (χ1) is 25.2. The van der Waals surface area contributed by atoms with Gasteiger partial charge in [-0.15, -0.1) is 0 Å². The number of amides is 1. The molecule has 0 bridgehead atoms. The van der Waals surface area contributed by atoms with Crippen LogP contribution in [-0.2, 0) is 24.4 Å². The fraction of sp³-hybridized carbons (Fsp3) is 0.717. The van der Waals surface area contributed by atoms with Gasteiger partial charge in [0.15, 0.2) is 0 Å². The Kier molecular flexibility index (Phi) is 11.9. The molecule has 2 heterocycles. The molecular weight excluding hydrogens is 629 g/mol. The van der Waals surface area contributed by atoms with Gasteiger partial charge in [-0.2, -0.15) is 0 Å². The quantitative estimate of drug-likeness (QED) is 0.232. The first-order valence-corrected chi connectivity index (χ1v) is 21.7. The number of fused-ring (bicyclic) bond motifs is 1. The molecule has 51 heavy (non-hydrogen) atoms. The van der Waals surface area contributed by atoms with Crippen LogP contribution in [0.3, 0.4) is 0 Å². The summed E-state index contributed by atoms with van der Waals surface area (Å²) < 4.78 is 12.9. The predicted molar refractivity (Wildman–Crippen MR) is 206 cm³/mol. The number of nitrogens with zero attached hydrogens (tertiary/aromatic N) is 2. The molecule has 0 spiro atoms. The molecule has 1 saturated heterocycles. The van der Waals surface area contributed by atoms with Crippen LogP contribution in [0.1, 0.15) is 157 Å². The zero-order valence-electron chi connectivity index (χ0n) is 31.6. The summed E-state index contributed by atoms with van der Waals surface area (Å²) in [6, 6.07) is 14.2. The average molecular weight is 695 g/mol. The van der Waals surface area contributed by atoms with E-state index in [1.807, 2.05) is 4.90 Å². The van der Waals surface area contributed by atoms with E-state index in [2.05, 4.69) is 41.3 Å². The number of ether oxygens (including phenoxy) is 2. The Morgan fingerprint density at radius 1 is 0.647 bits per heavy atom. The summed E-state index contributed by atoms with van der Waals surface area (Å²) in [5.74, 6) is 6.62. The Balaban J connectivity index is 0.946. The summed E-state index contributed by atoms with van der Waals surface area (Å²) in [4.78, 5) is 15.8. The molecule has 5 nitrogen and oxygen atoms in total. The lowest BCUT2D eigenvalue weighted by Gasteiger charge is -2.40. The Bertz CT molecular complexity index is 1390. The van der Waals surface area contributed by atoms with Crippen LogP contribution in [-0.4, -0.2) is 48.0 Å². The minimum absolute atomic E-state index is 0.183. The van der Waals surface area contributed by atoms with Crippen molar-refractivity contribution >= 4 is 6.41 Å². The zero-order chi connectivity index (χ0) is 34.4. The fourth-order valence-corrected chi connectivity index (χ4v) is 11.7. The minimum Gasteiger partial charge on any atom is -0.490 e. The molecular formula is C46H66N2O3. The standard InChI is InChI=1S/C46H66N2O3/c49-33-47-25-23-43(24-26-47)51-42-20-18-34(19-21-42)32-50-44-29-40-22-27-48(41-16-6-12-36(13-7-17-41)35-8-1-2-9-35)31-46(40)45(30-44)39-15-5-14-38(28-39)37-10-3-4-11-37/h18-21,29-30,33,35-39,41,43H,1-17,22-28,31-32H2. The van der Waals surface area contributed by atoms with Gasteiger partial charge in [-0.3, -0.25) is 9.69 Å². The molecule has 2 aliphatic heterocycles. The van der Waals surface area contributed by atoms with Gasteiger partial charge >= 0.3 is 0 Å². The predicted octanol–water partition coefficient (Wildman–Crippen LogP) is 10.6. The van der Waals surface area contributed by atoms with Crippen LogP contribution in [0.25, 0.3) is 0 Å². The lowest BCUT2D eigenvalue weighted by Crippen LogP contribution is -2.40. The van der Waals surface area contributed by atoms with Crippen LogP contribution >= 0.6 is 0 Å². The van der Waals surface area contributed by atoms with Gasteiger partial charge < -0.3 is 14.4 Å². The lowest BCUT2D eigenvalue weighted by atomic mass is 9.71. The summed E-state index contributed by atoms with van der Waals surface area (Å²) >= 11 is 0. The van der Waals surface area contributed by atoms with E-state index in [1.165, 1.54) is 128 Å². The van der Waals surface area contributed by atoms with Crippen LogP contribution in [0.4, 0.5) is 0 Å². The molecule has 0 aromatic heterocycles. The second kappa shape index (κ2) is 17.1. The van der Waals surface area contributed by atoms with Gasteiger partial charge in [-0.1, -0.05) is 102 Å². The highest BCUT2D eigenvalue weighted by Gasteiger charge is 2.35. The fourth-order valence-electron chi connectivity index (χ4n) is 11.7. The van der Waals surface area contributed by atoms with Crippen LogP contribution in [0, 0.1) is 23.7 Å². The molecule has 0 N–H and O–H groups in total. The molecule has 278 valence electrons. The van der Waals surface area contributed by atoms with Crippen molar-refractivity contribution in [3.05, 3.63) is 58.7 Å². The maximum atomic E-state index is 11.1. The number of carbonyl (C=O) groups excluding carboxylic acids is 1. The smallest absolute Gasteiger partial charge is 0.209 e. The van der Waals surface area contributed by atoms with Crippen molar-refractivity contribution in [3.63, 3.8) is 0 Å². The number of rotatable bonds is 10. The maximum absolute atomic E-state index is 11.1. The monoisotopic (exact) mass is 695 g/mol. The first kappa shape index (κ1) is 35.5. The number of hydrogen-bond acceptors (Lipinski definition) is 4. The number of benzene rings is 2. The summed E-state index contributed by atoms with van der Waals surface area (Å²) in [7, 11) is 0. The highest BCUT2D eigenvalue weighted by Crippen LogP contribution is 2.47. The molecule has 2 atom stereocenters. The van der Waals surface area contributed by atoms with Gasteiger partial charge in [0.2, 0.25) is 6.41 Å². The number of hydrogen-bond donors (Lipinski definition) is 0. The average Bonchev–Trinajstić information content (AvgIpc) is 3.91. The molecule has 2 aromatic carbocycles. The second-order valence-corrected chi connectivity index (χ2v) is 17.8. The van der Waals surface area contributed by atoms with E-state index in [-0.39, 0.29) is 6.10 Å². The first-order valence-electron chi connectivity index (χ1n) is 21.7. The normalized spacial score (nSPS) is 29.0. The molecule has 5 fully saturated rings. The Hall–Kier alpha value is -2.53. The van der Waals surface area contributed by atoms with Crippen molar-refractivity contribution in [2.24, 2.45) is 23.7 Å². The zero-order valence-corrected chi connectivity index (χ0v) is 31.6. The summed E-state index contributed by atoms with van der Waals surface area (Å²) in [5, 5.41) is 0. The van der Waals surface area contributed by atoms with Crippen LogP contribution in [0.2, 0.25) is 0 Å². The van der Waals surface area contributed by atoms with Gasteiger partial charge in [-0.05, 0) is 108 Å². The molecule has 2 aromatic rings. The van der Waals surface area contributed by atoms with E-state index >= 15 is 0 Å². The third-order valence-corrected chi connectivity index (χ3v) is 14.7. The van der Waals surface area contributed by atoms with Gasteiger partial charge in [0.25, 0.3) is 0 Å². The number of likely N-dealkylation sites (tertiary alicyclic amines) is 1. The van der Waals surface area contributed by atoms with E-state index in [0.717, 1.165) is 86.5 Å². The van der Waals surface area contributed by atoms with E-state index in [4.69, 9.17) is 9.47 Å². The third kappa shape index (κ3) is 8.82. The second-order valence-electron chi connectivity index (χ2n) is 17.8. The van der Waals surface area contributed by atoms with E-state index in [9.17, 15) is 4.79 Å². The molecule has 2 unspecified atom stereocenters. The topological polar surface area (TPSA) is 42.0 Å². The maximum Gasteiger partial charge on any atom is 0.209 e. The summed E-state index contributed by atoms with van der Waals surface area (Å²) in [5.41, 5.74) is 6.07. The van der Waals surface area contributed by atoms with Gasteiger partial charge in [0.1, 0.15) is 24.2 Å². The van der Waals surface area contributed by atoms with Crippen molar-refractivity contribution in [3.8, 4) is 11.5 Å². The molecule has 8 rings (SSSR count). The Labute approximate surface area is 309 Å². The minimum atomic E-state index is 0.183. The van der Waals surface area contributed by atoms with E-state index in [0.29, 0.717) is 12.5 Å². The van der Waals surface area contributed by atoms with Crippen molar-refractivity contribution < 1.29 is 14.3 Å². The highest BCUT2D eigenvalue weighted by atomic mass is 16.5. The number of carbonyl (C=O) groups is 1. The van der Waals surface area contributed by atoms with Gasteiger partial charge in [-0.25, -0.2) is 0 Å². The lowest BCUT2D eigenvalue weighted by molar-refractivity contribution is -0.119. The molecule has 0 radical (unpaired) electrons. The van der Waals surface area contributed by atoms with Gasteiger partial charge in [0, 0.05) is 45.1 Å². The van der Waals surface area contributed by atoms with E-state index in [1.54, 1.807) is 16.7 Å². The van der Waals surface area contributed by atoms with Crippen molar-refractivity contribution in [2.45, 2.75) is 166 Å². The van der Waals surface area contributed by atoms with Crippen LogP contribution < -0.4 is 9.47 Å². The molecule has 1 amide bonds. The number of piperidine rings is 1. The van der Waals surface area contributed by atoms with E-state index < -0.39 is 0 Å². The van der Waals surface area contributed by atoms with Gasteiger partial charge in [0.05, 0.1) is 0 Å². The Morgan fingerprint density at radius 3 is 1.96 bits per heavy atom. The van der Waals surface area contributed by atoms with Crippen LogP contribution in [0.15, 0.2) is 36.4 Å². The summed E-state index contributed by atoms with van der Waals surface area (Å²) in [6.45, 7) is 4.51. The van der Waals surface area contributed by atoms with Crippen LogP contribution in [0.5, 0.6) is 11.5 Å². The van der Waals surface area contributed by atoms with Crippen molar-refractivity contribution in [1.82, 2.24) is 9.80 Å². The molecule has 6 aliphatic rings. The highest BCUT2D eigenvalue weighted by molar-refractivity contribution is 5.47. The molecule has 4 saturated carbocycles. The Morgan fingerprint density at radius 2 is 1.27 bits per heavy atom. The van der Waals surface area contributed by atoms with Crippen molar-refractivity contribution in [2.75, 3.05) is 19.6 Å². The largest absolute Gasteiger partial charge is 0.490 e. The summed E-state index contributed by atoms with van der Waals surface area (Å²) in [6.07, 6.45) is 30.2. The molecule has 4 aliphatic carbocycles. The SMILES string of the molecule is O=CN1CCC(Oc2ccc(COc3cc4c(c(C5CCCC(C6CCCC6)C5)c3)CN(C3CCCC(C5CCCC5)CCC3)CC4)cc2)CC1. The third-order valence-electron chi connectivity index (χ3n) is 14.7. The molecule has 5 heteroatoms.